The van der Waals surface area contributed by atoms with Crippen LogP contribution in [0.3, 0.4) is 0 Å². The van der Waals surface area contributed by atoms with E-state index in [0.717, 1.165) is 25.2 Å². The van der Waals surface area contributed by atoms with Crippen molar-refractivity contribution in [3.05, 3.63) is 65.7 Å². The first kappa shape index (κ1) is 20.1. The monoisotopic (exact) mass is 379 g/mol. The van der Waals surface area contributed by atoms with Crippen molar-refractivity contribution in [2.75, 3.05) is 38.1 Å². The SMILES string of the molecule is CCCNC(=O)c1ccc(N(C)[C@H](CN2CCC(=O)C2)c2ccccc2)cc1. The van der Waals surface area contributed by atoms with E-state index >= 15 is 0 Å². The van der Waals surface area contributed by atoms with Crippen molar-refractivity contribution in [2.24, 2.45) is 0 Å². The first-order valence-corrected chi connectivity index (χ1v) is 9.98. The molecular weight excluding hydrogens is 350 g/mol. The highest BCUT2D eigenvalue weighted by Gasteiger charge is 2.26. The topological polar surface area (TPSA) is 52.7 Å². The molecule has 1 N–H and O–H groups in total. The number of hydrogen-bond donors (Lipinski definition) is 1. The molecule has 1 saturated heterocycles. The molecule has 0 aliphatic carbocycles. The van der Waals surface area contributed by atoms with Crippen LogP contribution in [0.5, 0.6) is 0 Å². The number of anilines is 1. The van der Waals surface area contributed by atoms with Crippen LogP contribution in [0.1, 0.15) is 41.7 Å². The van der Waals surface area contributed by atoms with Gasteiger partial charge in [-0.1, -0.05) is 37.3 Å². The molecule has 0 radical (unpaired) electrons. The van der Waals surface area contributed by atoms with Crippen LogP contribution in [-0.2, 0) is 4.79 Å². The Labute approximate surface area is 167 Å². The fraction of sp³-hybridized carbons (Fsp3) is 0.391. The Morgan fingerprint density at radius 2 is 1.86 bits per heavy atom. The third kappa shape index (κ3) is 4.98. The highest BCUT2D eigenvalue weighted by molar-refractivity contribution is 5.94. The zero-order valence-electron chi connectivity index (χ0n) is 16.7. The maximum absolute atomic E-state index is 12.1. The van der Waals surface area contributed by atoms with E-state index in [1.165, 1.54) is 5.56 Å². The first-order chi connectivity index (χ1) is 13.6. The molecule has 1 aliphatic heterocycles. The second-order valence-corrected chi connectivity index (χ2v) is 7.36. The van der Waals surface area contributed by atoms with Gasteiger partial charge in [0.1, 0.15) is 5.78 Å². The van der Waals surface area contributed by atoms with E-state index in [2.05, 4.69) is 34.3 Å². The molecular formula is C23H29N3O2. The second kappa shape index (κ2) is 9.51. The lowest BCUT2D eigenvalue weighted by molar-refractivity contribution is -0.116. The molecule has 0 spiro atoms. The standard InChI is InChI=1S/C23H29N3O2/c1-3-14-24-23(28)19-9-11-20(12-10-19)25(2)22(18-7-5-4-6-8-18)17-26-15-13-21(27)16-26/h4-12,22H,3,13-17H2,1-2H3,(H,24,28)/t22-/m1/s1. The second-order valence-electron chi connectivity index (χ2n) is 7.36. The minimum atomic E-state index is -0.0359. The van der Waals surface area contributed by atoms with E-state index in [4.69, 9.17) is 0 Å². The van der Waals surface area contributed by atoms with Gasteiger partial charge in [0.25, 0.3) is 5.91 Å². The zero-order chi connectivity index (χ0) is 19.9. The van der Waals surface area contributed by atoms with Gasteiger partial charge in [-0.05, 0) is 36.2 Å². The zero-order valence-corrected chi connectivity index (χ0v) is 16.7. The summed E-state index contributed by atoms with van der Waals surface area (Å²) in [5.41, 5.74) is 2.94. The summed E-state index contributed by atoms with van der Waals surface area (Å²) in [6.45, 7) is 4.88. The summed E-state index contributed by atoms with van der Waals surface area (Å²) in [6.07, 6.45) is 1.57. The van der Waals surface area contributed by atoms with Gasteiger partial charge < -0.3 is 10.2 Å². The molecule has 1 heterocycles. The summed E-state index contributed by atoms with van der Waals surface area (Å²) >= 11 is 0. The molecule has 0 saturated carbocycles. The lowest BCUT2D eigenvalue weighted by Gasteiger charge is -2.33. The van der Waals surface area contributed by atoms with Gasteiger partial charge in [-0.2, -0.15) is 0 Å². The molecule has 2 aromatic rings. The summed E-state index contributed by atoms with van der Waals surface area (Å²) < 4.78 is 0. The fourth-order valence-corrected chi connectivity index (χ4v) is 3.59. The molecule has 28 heavy (non-hydrogen) atoms. The lowest BCUT2D eigenvalue weighted by atomic mass is 10.0. The Hall–Kier alpha value is -2.66. The smallest absolute Gasteiger partial charge is 0.251 e. The average Bonchev–Trinajstić information content (AvgIpc) is 3.15. The number of nitrogens with zero attached hydrogens (tertiary/aromatic N) is 2. The fourth-order valence-electron chi connectivity index (χ4n) is 3.59. The number of carbonyl (C=O) groups is 2. The number of nitrogens with one attached hydrogen (secondary N) is 1. The number of rotatable bonds is 8. The Kier molecular flexibility index (Phi) is 6.82. The number of carbonyl (C=O) groups excluding carboxylic acids is 2. The molecule has 1 fully saturated rings. The molecule has 1 amide bonds. The van der Waals surface area contributed by atoms with Crippen LogP contribution in [0.4, 0.5) is 5.69 Å². The van der Waals surface area contributed by atoms with E-state index in [-0.39, 0.29) is 11.9 Å². The molecule has 0 aromatic heterocycles. The molecule has 0 bridgehead atoms. The Balaban J connectivity index is 1.77. The minimum absolute atomic E-state index is 0.0359. The van der Waals surface area contributed by atoms with Gasteiger partial charge in [-0.15, -0.1) is 0 Å². The van der Waals surface area contributed by atoms with E-state index in [0.29, 0.717) is 30.9 Å². The molecule has 1 aliphatic rings. The number of ketones is 1. The summed E-state index contributed by atoms with van der Waals surface area (Å²) in [5, 5.41) is 2.91. The van der Waals surface area contributed by atoms with E-state index in [1.54, 1.807) is 0 Å². The lowest BCUT2D eigenvalue weighted by Crippen LogP contribution is -2.35. The van der Waals surface area contributed by atoms with Gasteiger partial charge in [0.15, 0.2) is 0 Å². The third-order valence-corrected chi connectivity index (χ3v) is 5.26. The van der Waals surface area contributed by atoms with Crippen molar-refractivity contribution in [3.63, 3.8) is 0 Å². The van der Waals surface area contributed by atoms with Gasteiger partial charge in [-0.3, -0.25) is 14.5 Å². The number of amides is 1. The van der Waals surface area contributed by atoms with Gasteiger partial charge in [-0.25, -0.2) is 0 Å². The maximum atomic E-state index is 12.1. The van der Waals surface area contributed by atoms with Crippen molar-refractivity contribution < 1.29 is 9.59 Å². The number of likely N-dealkylation sites (tertiary alicyclic amines) is 1. The minimum Gasteiger partial charge on any atom is -0.366 e. The van der Waals surface area contributed by atoms with Gasteiger partial charge in [0.05, 0.1) is 12.6 Å². The van der Waals surface area contributed by atoms with E-state index < -0.39 is 0 Å². The van der Waals surface area contributed by atoms with Crippen LogP contribution in [0.25, 0.3) is 0 Å². The van der Waals surface area contributed by atoms with Gasteiger partial charge in [0, 0.05) is 44.4 Å². The normalized spacial score (nSPS) is 15.4. The van der Waals surface area contributed by atoms with E-state index in [9.17, 15) is 9.59 Å². The highest BCUT2D eigenvalue weighted by Crippen LogP contribution is 2.27. The summed E-state index contributed by atoms with van der Waals surface area (Å²) in [6, 6.07) is 18.2. The molecule has 1 atom stereocenters. The van der Waals surface area contributed by atoms with Crippen molar-refractivity contribution in [1.29, 1.82) is 0 Å². The number of Topliss-reactive ketones (excluding diaryl/α,β-unsaturated/α-hetero) is 1. The molecule has 5 heteroatoms. The van der Waals surface area contributed by atoms with Crippen LogP contribution < -0.4 is 10.2 Å². The average molecular weight is 380 g/mol. The summed E-state index contributed by atoms with van der Waals surface area (Å²) in [4.78, 5) is 28.3. The molecule has 2 aromatic carbocycles. The van der Waals surface area contributed by atoms with E-state index in [1.807, 2.05) is 49.4 Å². The van der Waals surface area contributed by atoms with Crippen molar-refractivity contribution in [2.45, 2.75) is 25.8 Å². The van der Waals surface area contributed by atoms with Crippen LogP contribution in [0, 0.1) is 0 Å². The Bertz CT molecular complexity index is 789. The molecule has 0 unspecified atom stereocenters. The Morgan fingerprint density at radius 3 is 2.46 bits per heavy atom. The predicted molar refractivity (Wildman–Crippen MR) is 113 cm³/mol. The largest absolute Gasteiger partial charge is 0.366 e. The maximum Gasteiger partial charge on any atom is 0.251 e. The third-order valence-electron chi connectivity index (χ3n) is 5.26. The van der Waals surface area contributed by atoms with Crippen LogP contribution in [0.2, 0.25) is 0 Å². The number of benzene rings is 2. The van der Waals surface area contributed by atoms with Crippen LogP contribution in [0.15, 0.2) is 54.6 Å². The first-order valence-electron chi connectivity index (χ1n) is 9.98. The molecule has 148 valence electrons. The van der Waals surface area contributed by atoms with Crippen LogP contribution in [-0.4, -0.2) is 49.8 Å². The predicted octanol–water partition coefficient (Wildman–Crippen LogP) is 3.28. The summed E-state index contributed by atoms with van der Waals surface area (Å²) in [7, 11) is 2.07. The number of hydrogen-bond acceptors (Lipinski definition) is 4. The van der Waals surface area contributed by atoms with Crippen molar-refractivity contribution in [3.8, 4) is 0 Å². The number of likely N-dealkylation sites (N-methyl/N-ethyl adjacent to an activating group) is 1. The van der Waals surface area contributed by atoms with Crippen molar-refractivity contribution in [1.82, 2.24) is 10.2 Å². The van der Waals surface area contributed by atoms with Gasteiger partial charge in [0.2, 0.25) is 0 Å². The Morgan fingerprint density at radius 1 is 1.14 bits per heavy atom. The van der Waals surface area contributed by atoms with Crippen molar-refractivity contribution >= 4 is 17.4 Å². The quantitative estimate of drug-likeness (QED) is 0.765. The molecule has 3 rings (SSSR count). The van der Waals surface area contributed by atoms with Gasteiger partial charge >= 0.3 is 0 Å². The van der Waals surface area contributed by atoms with Crippen LogP contribution >= 0.6 is 0 Å². The molecule has 5 nitrogen and oxygen atoms in total. The highest BCUT2D eigenvalue weighted by atomic mass is 16.1. The summed E-state index contributed by atoms with van der Waals surface area (Å²) in [5.74, 6) is 0.281.